The average Bonchev–Trinajstić information content (AvgIpc) is 2.13. The van der Waals surface area contributed by atoms with Crippen LogP contribution in [0.3, 0.4) is 0 Å². The molecule has 2 N–H and O–H groups in total. The Balaban J connectivity index is 2.51. The Kier molecular flexibility index (Phi) is 4.01. The quantitative estimate of drug-likeness (QED) is 0.715. The summed E-state index contributed by atoms with van der Waals surface area (Å²) < 4.78 is 35.8. The molecule has 94 valence electrons. The van der Waals surface area contributed by atoms with E-state index in [0.717, 1.165) is 0 Å². The highest BCUT2D eigenvalue weighted by Crippen LogP contribution is 2.14. The van der Waals surface area contributed by atoms with Gasteiger partial charge in [0.25, 0.3) is 0 Å². The minimum absolute atomic E-state index is 0.100. The summed E-state index contributed by atoms with van der Waals surface area (Å²) in [6, 6.07) is -0.854. The summed E-state index contributed by atoms with van der Waals surface area (Å²) in [5, 5.41) is 4.98. The van der Waals surface area contributed by atoms with Crippen LogP contribution in [0.5, 0.6) is 0 Å². The number of piperazine rings is 1. The predicted octanol–water partition coefficient (Wildman–Crippen LogP) is 0.941. The summed E-state index contributed by atoms with van der Waals surface area (Å²) in [6.45, 7) is 3.52. The van der Waals surface area contributed by atoms with Crippen molar-refractivity contribution in [1.29, 1.82) is 0 Å². The van der Waals surface area contributed by atoms with Gasteiger partial charge in [-0.3, -0.25) is 0 Å². The molecular formula is C9H16F3N3O. The number of nitrogens with one attached hydrogen (secondary N) is 2. The van der Waals surface area contributed by atoms with Crippen LogP contribution in [0.25, 0.3) is 0 Å². The lowest BCUT2D eigenvalue weighted by atomic mass is 10.1. The zero-order chi connectivity index (χ0) is 12.3. The summed E-state index contributed by atoms with van der Waals surface area (Å²) >= 11 is 0. The number of amides is 2. The Morgan fingerprint density at radius 1 is 1.38 bits per heavy atom. The number of urea groups is 1. The van der Waals surface area contributed by atoms with Crippen molar-refractivity contribution >= 4 is 6.03 Å². The molecule has 4 nitrogen and oxygen atoms in total. The smallest absolute Gasteiger partial charge is 0.329 e. The number of rotatable bonds is 1. The molecule has 1 saturated heterocycles. The van der Waals surface area contributed by atoms with Crippen molar-refractivity contribution in [3.05, 3.63) is 0 Å². The lowest BCUT2D eigenvalue weighted by Gasteiger charge is -2.39. The van der Waals surface area contributed by atoms with Gasteiger partial charge >= 0.3 is 12.2 Å². The van der Waals surface area contributed by atoms with Gasteiger partial charge in [-0.05, 0) is 13.8 Å². The maximum absolute atomic E-state index is 11.9. The third-order valence-corrected chi connectivity index (χ3v) is 2.50. The topological polar surface area (TPSA) is 44.4 Å². The van der Waals surface area contributed by atoms with Gasteiger partial charge in [0.05, 0.1) is 0 Å². The van der Waals surface area contributed by atoms with Gasteiger partial charge in [-0.15, -0.1) is 0 Å². The van der Waals surface area contributed by atoms with E-state index in [9.17, 15) is 18.0 Å². The lowest BCUT2D eigenvalue weighted by Crippen LogP contribution is -2.60. The van der Waals surface area contributed by atoms with Gasteiger partial charge in [-0.25, -0.2) is 4.79 Å². The van der Waals surface area contributed by atoms with E-state index in [1.54, 1.807) is 13.8 Å². The van der Waals surface area contributed by atoms with Crippen molar-refractivity contribution in [2.45, 2.75) is 32.1 Å². The zero-order valence-electron chi connectivity index (χ0n) is 9.27. The van der Waals surface area contributed by atoms with Crippen LogP contribution in [0.1, 0.15) is 13.8 Å². The molecule has 0 radical (unpaired) electrons. The Morgan fingerprint density at radius 2 is 1.88 bits per heavy atom. The molecule has 0 spiro atoms. The largest absolute Gasteiger partial charge is 0.405 e. The number of hydrogen-bond donors (Lipinski definition) is 2. The molecule has 7 heteroatoms. The first-order valence-corrected chi connectivity index (χ1v) is 5.15. The highest BCUT2D eigenvalue weighted by atomic mass is 19.4. The second kappa shape index (κ2) is 4.90. The number of nitrogens with zero attached hydrogens (tertiary/aromatic N) is 1. The fourth-order valence-corrected chi connectivity index (χ4v) is 1.80. The van der Waals surface area contributed by atoms with Crippen LogP contribution in [0.4, 0.5) is 18.0 Å². The first-order chi connectivity index (χ1) is 7.31. The molecule has 1 aliphatic heterocycles. The van der Waals surface area contributed by atoms with E-state index < -0.39 is 18.8 Å². The molecule has 2 atom stereocenters. The fourth-order valence-electron chi connectivity index (χ4n) is 1.80. The minimum Gasteiger partial charge on any atom is -0.329 e. The molecule has 0 aromatic rings. The summed E-state index contributed by atoms with van der Waals surface area (Å²) in [5.41, 5.74) is 0. The average molecular weight is 239 g/mol. The van der Waals surface area contributed by atoms with Crippen LogP contribution < -0.4 is 10.6 Å². The van der Waals surface area contributed by atoms with Crippen molar-refractivity contribution in [1.82, 2.24) is 15.5 Å². The lowest BCUT2D eigenvalue weighted by molar-refractivity contribution is -0.123. The molecule has 1 rings (SSSR count). The first kappa shape index (κ1) is 13.1. The van der Waals surface area contributed by atoms with Crippen LogP contribution in [-0.4, -0.2) is 48.8 Å². The molecule has 1 aliphatic rings. The molecule has 0 aromatic carbocycles. The molecule has 0 aromatic heterocycles. The van der Waals surface area contributed by atoms with E-state index >= 15 is 0 Å². The van der Waals surface area contributed by atoms with E-state index in [1.165, 1.54) is 4.90 Å². The molecular weight excluding hydrogens is 223 g/mol. The Bertz CT molecular complexity index is 247. The van der Waals surface area contributed by atoms with Gasteiger partial charge in [0.1, 0.15) is 6.54 Å². The van der Waals surface area contributed by atoms with E-state index in [4.69, 9.17) is 0 Å². The summed E-state index contributed by atoms with van der Waals surface area (Å²) in [5.74, 6) is 0. The zero-order valence-corrected chi connectivity index (χ0v) is 9.27. The van der Waals surface area contributed by atoms with Gasteiger partial charge in [-0.2, -0.15) is 13.2 Å². The summed E-state index contributed by atoms with van der Waals surface area (Å²) in [4.78, 5) is 13.0. The van der Waals surface area contributed by atoms with Gasteiger partial charge in [0.2, 0.25) is 0 Å². The second-order valence-corrected chi connectivity index (χ2v) is 4.04. The molecule has 0 bridgehead atoms. The third kappa shape index (κ3) is 3.55. The Hall–Kier alpha value is -0.980. The predicted molar refractivity (Wildman–Crippen MR) is 53.1 cm³/mol. The van der Waals surface area contributed by atoms with E-state index in [-0.39, 0.29) is 12.1 Å². The van der Waals surface area contributed by atoms with Gasteiger partial charge in [-0.1, -0.05) is 0 Å². The highest BCUT2D eigenvalue weighted by molar-refractivity contribution is 5.75. The standard InChI is InChI=1S/C9H16F3N3O/c1-6-3-13-4-7(2)15(6)8(16)14-5-9(10,11)12/h6-7,13H,3-5H2,1-2H3,(H,14,16). The monoisotopic (exact) mass is 239 g/mol. The molecule has 0 saturated carbocycles. The van der Waals surface area contributed by atoms with Crippen molar-refractivity contribution in [2.75, 3.05) is 19.6 Å². The van der Waals surface area contributed by atoms with E-state index in [0.29, 0.717) is 13.1 Å². The fraction of sp³-hybridized carbons (Fsp3) is 0.889. The SMILES string of the molecule is CC1CNCC(C)N1C(=O)NCC(F)(F)F. The molecule has 1 heterocycles. The Morgan fingerprint density at radius 3 is 2.31 bits per heavy atom. The van der Waals surface area contributed by atoms with Crippen LogP contribution in [0, 0.1) is 0 Å². The van der Waals surface area contributed by atoms with Crippen LogP contribution in [0.15, 0.2) is 0 Å². The van der Waals surface area contributed by atoms with Crippen molar-refractivity contribution in [3.8, 4) is 0 Å². The van der Waals surface area contributed by atoms with Crippen LogP contribution in [-0.2, 0) is 0 Å². The number of halogens is 3. The number of hydrogen-bond acceptors (Lipinski definition) is 2. The summed E-state index contributed by atoms with van der Waals surface area (Å²) in [6.07, 6.45) is -4.36. The number of carbonyl (C=O) groups excluding carboxylic acids is 1. The van der Waals surface area contributed by atoms with Crippen LogP contribution >= 0.6 is 0 Å². The number of carbonyl (C=O) groups is 1. The first-order valence-electron chi connectivity index (χ1n) is 5.15. The highest BCUT2D eigenvalue weighted by Gasteiger charge is 2.32. The molecule has 16 heavy (non-hydrogen) atoms. The normalized spacial score (nSPS) is 26.7. The van der Waals surface area contributed by atoms with Crippen molar-refractivity contribution in [3.63, 3.8) is 0 Å². The molecule has 0 aliphatic carbocycles. The van der Waals surface area contributed by atoms with Crippen molar-refractivity contribution < 1.29 is 18.0 Å². The minimum atomic E-state index is -4.36. The summed E-state index contributed by atoms with van der Waals surface area (Å²) in [7, 11) is 0. The van der Waals surface area contributed by atoms with E-state index in [1.807, 2.05) is 5.32 Å². The van der Waals surface area contributed by atoms with Gasteiger partial charge in [0.15, 0.2) is 0 Å². The van der Waals surface area contributed by atoms with Gasteiger partial charge in [0, 0.05) is 25.2 Å². The van der Waals surface area contributed by atoms with Gasteiger partial charge < -0.3 is 15.5 Å². The second-order valence-electron chi connectivity index (χ2n) is 4.04. The van der Waals surface area contributed by atoms with E-state index in [2.05, 4.69) is 5.32 Å². The van der Waals surface area contributed by atoms with Crippen molar-refractivity contribution in [2.24, 2.45) is 0 Å². The molecule has 2 amide bonds. The molecule has 1 fully saturated rings. The third-order valence-electron chi connectivity index (χ3n) is 2.50. The molecule has 2 unspecified atom stereocenters. The van der Waals surface area contributed by atoms with Crippen LogP contribution in [0.2, 0.25) is 0 Å². The number of alkyl halides is 3. The maximum atomic E-state index is 11.9. The Labute approximate surface area is 92.2 Å². The maximum Gasteiger partial charge on any atom is 0.405 e.